The molecule has 1 unspecified atom stereocenters. The lowest BCUT2D eigenvalue weighted by Gasteiger charge is -2.17. The molecule has 8 heteroatoms. The van der Waals surface area contributed by atoms with Gasteiger partial charge in [0.15, 0.2) is 16.8 Å². The van der Waals surface area contributed by atoms with Crippen LogP contribution in [0.4, 0.5) is 10.2 Å². The van der Waals surface area contributed by atoms with E-state index in [9.17, 15) is 4.39 Å². The first-order chi connectivity index (χ1) is 13.2. The Morgan fingerprint density at radius 2 is 2.26 bits per heavy atom. The average molecular weight is 395 g/mol. The van der Waals surface area contributed by atoms with E-state index in [0.29, 0.717) is 18.3 Å². The first kappa shape index (κ1) is 21.4. The van der Waals surface area contributed by atoms with Gasteiger partial charge in [0, 0.05) is 25.8 Å². The monoisotopic (exact) mass is 394 g/mol. The van der Waals surface area contributed by atoms with Gasteiger partial charge in [0.05, 0.1) is 12.3 Å². The second kappa shape index (κ2) is 11.7. The second-order valence-electron chi connectivity index (χ2n) is 5.99. The molecule has 0 aromatic carbocycles. The number of nitrogens with one attached hydrogen (secondary N) is 1. The van der Waals surface area contributed by atoms with Gasteiger partial charge in [0.1, 0.15) is 6.61 Å². The Balaban J connectivity index is 2.02. The minimum Gasteiger partial charge on any atom is -0.459 e. The third-order valence-corrected chi connectivity index (χ3v) is 4.80. The number of methoxy groups -OCH3 is 1. The van der Waals surface area contributed by atoms with Crippen LogP contribution < -0.4 is 10.1 Å². The molecule has 2 rings (SSSR count). The highest BCUT2D eigenvalue weighted by molar-refractivity contribution is 8.14. The minimum absolute atomic E-state index is 0.0490. The molecule has 1 aliphatic carbocycles. The fourth-order valence-corrected chi connectivity index (χ4v) is 3.03. The van der Waals surface area contributed by atoms with E-state index in [-0.39, 0.29) is 17.9 Å². The lowest BCUT2D eigenvalue weighted by Crippen LogP contribution is -2.16. The van der Waals surface area contributed by atoms with Gasteiger partial charge in [0.2, 0.25) is 0 Å². The van der Waals surface area contributed by atoms with Crippen molar-refractivity contribution >= 4 is 22.7 Å². The topological polar surface area (TPSA) is 68.6 Å². The normalized spacial score (nSPS) is 17.0. The summed E-state index contributed by atoms with van der Waals surface area (Å²) in [6, 6.07) is 0.124. The molecule has 27 heavy (non-hydrogen) atoms. The predicted molar refractivity (Wildman–Crippen MR) is 109 cm³/mol. The largest absolute Gasteiger partial charge is 0.459 e. The number of amidine groups is 1. The van der Waals surface area contributed by atoms with E-state index < -0.39 is 5.82 Å². The molecule has 0 radical (unpaired) electrons. The summed E-state index contributed by atoms with van der Waals surface area (Å²) in [6.45, 7) is 5.14. The molecule has 0 saturated carbocycles. The van der Waals surface area contributed by atoms with Gasteiger partial charge in [-0.15, -0.1) is 0 Å². The summed E-state index contributed by atoms with van der Waals surface area (Å²) < 4.78 is 25.1. The average Bonchev–Trinajstić information content (AvgIpc) is 2.70. The van der Waals surface area contributed by atoms with Gasteiger partial charge in [-0.25, -0.2) is 9.37 Å². The van der Waals surface area contributed by atoms with Crippen molar-refractivity contribution in [2.24, 2.45) is 4.99 Å². The molecule has 1 aromatic rings. The highest BCUT2D eigenvalue weighted by atomic mass is 32.2. The van der Waals surface area contributed by atoms with Crippen LogP contribution in [0, 0.1) is 5.82 Å². The first-order valence-electron chi connectivity index (χ1n) is 9.14. The molecule has 0 fully saturated rings. The van der Waals surface area contributed by atoms with Crippen LogP contribution in [0.3, 0.4) is 0 Å². The third-order valence-electron chi connectivity index (χ3n) is 3.68. The number of aliphatic imine (C=N–C) groups is 1. The van der Waals surface area contributed by atoms with Crippen LogP contribution in [-0.4, -0.2) is 47.3 Å². The van der Waals surface area contributed by atoms with Crippen molar-refractivity contribution in [3.63, 3.8) is 0 Å². The van der Waals surface area contributed by atoms with Crippen molar-refractivity contribution < 1.29 is 13.9 Å². The van der Waals surface area contributed by atoms with Crippen LogP contribution in [0.2, 0.25) is 0 Å². The van der Waals surface area contributed by atoms with E-state index in [4.69, 9.17) is 9.47 Å². The number of nitrogens with zero attached hydrogens (tertiary/aromatic N) is 3. The van der Waals surface area contributed by atoms with Gasteiger partial charge in [-0.05, 0) is 18.4 Å². The fraction of sp³-hybridized carbons (Fsp3) is 0.526. The number of hydrogen-bond donors (Lipinski definition) is 1. The summed E-state index contributed by atoms with van der Waals surface area (Å²) in [4.78, 5) is 12.5. The molecule has 1 N–H and O–H groups in total. The maximum atomic E-state index is 14.1. The number of allylic oxidation sites excluding steroid dienone is 2. The molecule has 148 valence electrons. The van der Waals surface area contributed by atoms with Crippen molar-refractivity contribution in [3.8, 4) is 6.01 Å². The molecule has 0 amide bonds. The van der Waals surface area contributed by atoms with Gasteiger partial charge in [-0.2, -0.15) is 4.98 Å². The number of ether oxygens (including phenoxy) is 2. The zero-order valence-electron chi connectivity index (χ0n) is 16.1. The number of thioether (sulfide) groups is 1. The molecule has 1 aliphatic rings. The molecule has 0 bridgehead atoms. The molecule has 1 atom stereocenters. The maximum Gasteiger partial charge on any atom is 0.318 e. The predicted octanol–water partition coefficient (Wildman–Crippen LogP) is 4.22. The standard InChI is InChI=1S/C19H27FN4O2S/c1-4-9-21-19(27-10-5-2)24-17-16(20)12-22-18(23-17)26-13-14-7-6-8-15(11-14)25-3/h6-8,12,15H,4-5,9-11,13H2,1-3H3,(H,21,22,23,24). The molecular formula is C19H27FN4O2S. The first-order valence-corrected chi connectivity index (χ1v) is 10.1. The van der Waals surface area contributed by atoms with Crippen LogP contribution in [-0.2, 0) is 4.74 Å². The zero-order chi connectivity index (χ0) is 19.5. The third kappa shape index (κ3) is 7.30. The molecule has 1 heterocycles. The van der Waals surface area contributed by atoms with Crippen LogP contribution in [0.25, 0.3) is 0 Å². The Kier molecular flexibility index (Phi) is 9.27. The summed E-state index contributed by atoms with van der Waals surface area (Å²) in [5.41, 5.74) is 1.07. The van der Waals surface area contributed by atoms with E-state index in [2.05, 4.69) is 27.2 Å². The number of rotatable bonds is 9. The number of anilines is 1. The SMILES string of the molecule is CCCN=C(Nc1nc(OCC2=CC=CC(OC)C2)ncc1F)SCCC. The van der Waals surface area contributed by atoms with Gasteiger partial charge in [-0.3, -0.25) is 4.99 Å². The molecule has 6 nitrogen and oxygen atoms in total. The molecule has 0 spiro atoms. The lowest BCUT2D eigenvalue weighted by atomic mass is 10.0. The molecule has 0 aliphatic heterocycles. The second-order valence-corrected chi connectivity index (χ2v) is 7.07. The maximum absolute atomic E-state index is 14.1. The number of halogens is 1. The lowest BCUT2D eigenvalue weighted by molar-refractivity contribution is 0.137. The molecule has 1 aromatic heterocycles. The Hall–Kier alpha value is -1.93. The summed E-state index contributed by atoms with van der Waals surface area (Å²) in [6.07, 6.45) is 9.75. The summed E-state index contributed by atoms with van der Waals surface area (Å²) in [7, 11) is 1.67. The van der Waals surface area contributed by atoms with E-state index >= 15 is 0 Å². The van der Waals surface area contributed by atoms with Crippen molar-refractivity contribution in [2.75, 3.05) is 31.3 Å². The van der Waals surface area contributed by atoms with Gasteiger partial charge >= 0.3 is 6.01 Å². The Morgan fingerprint density at radius 3 is 3.00 bits per heavy atom. The minimum atomic E-state index is -0.539. The zero-order valence-corrected chi connectivity index (χ0v) is 16.9. The van der Waals surface area contributed by atoms with E-state index in [1.54, 1.807) is 18.9 Å². The smallest absolute Gasteiger partial charge is 0.318 e. The van der Waals surface area contributed by atoms with Gasteiger partial charge in [-0.1, -0.05) is 43.8 Å². The summed E-state index contributed by atoms with van der Waals surface area (Å²) in [5, 5.41) is 3.63. The van der Waals surface area contributed by atoms with E-state index in [1.807, 2.05) is 25.2 Å². The molecular weight excluding hydrogens is 367 g/mol. The van der Waals surface area contributed by atoms with E-state index in [0.717, 1.165) is 36.8 Å². The highest BCUT2D eigenvalue weighted by Crippen LogP contribution is 2.19. The Morgan fingerprint density at radius 1 is 1.41 bits per heavy atom. The summed E-state index contributed by atoms with van der Waals surface area (Å²) in [5.74, 6) is 0.433. The number of aromatic nitrogens is 2. The van der Waals surface area contributed by atoms with Gasteiger partial charge < -0.3 is 14.8 Å². The van der Waals surface area contributed by atoms with Crippen LogP contribution in [0.15, 0.2) is 35.0 Å². The highest BCUT2D eigenvalue weighted by Gasteiger charge is 2.14. The van der Waals surface area contributed by atoms with Crippen LogP contribution >= 0.6 is 11.8 Å². The Labute approximate surface area is 164 Å². The van der Waals surface area contributed by atoms with E-state index in [1.165, 1.54) is 0 Å². The van der Waals surface area contributed by atoms with Gasteiger partial charge in [0.25, 0.3) is 0 Å². The fourth-order valence-electron chi connectivity index (χ4n) is 2.28. The molecule has 0 saturated heterocycles. The quantitative estimate of drug-likeness (QED) is 0.500. The van der Waals surface area contributed by atoms with Crippen LogP contribution in [0.5, 0.6) is 6.01 Å². The van der Waals surface area contributed by atoms with Crippen molar-refractivity contribution in [2.45, 2.75) is 39.2 Å². The van der Waals surface area contributed by atoms with Crippen molar-refractivity contribution in [1.29, 1.82) is 0 Å². The van der Waals surface area contributed by atoms with Crippen molar-refractivity contribution in [3.05, 3.63) is 35.8 Å². The van der Waals surface area contributed by atoms with Crippen LogP contribution in [0.1, 0.15) is 33.1 Å². The summed E-state index contributed by atoms with van der Waals surface area (Å²) >= 11 is 1.55. The number of hydrogen-bond acceptors (Lipinski definition) is 6. The Bertz CT molecular complexity index is 694. The van der Waals surface area contributed by atoms with Crippen molar-refractivity contribution in [1.82, 2.24) is 9.97 Å².